The highest BCUT2D eigenvalue weighted by Crippen LogP contribution is 2.26. The number of halogens is 1. The predicted molar refractivity (Wildman–Crippen MR) is 54.4 cm³/mol. The van der Waals surface area contributed by atoms with E-state index in [-0.39, 0.29) is 11.2 Å². The second-order valence-corrected chi connectivity index (χ2v) is 2.98. The molecule has 0 saturated heterocycles. The van der Waals surface area contributed by atoms with Crippen molar-refractivity contribution in [2.24, 2.45) is 0 Å². The Hall–Kier alpha value is -0.905. The molecule has 2 N–H and O–H groups in total. The van der Waals surface area contributed by atoms with Crippen LogP contribution in [-0.2, 0) is 0 Å². The number of ether oxygens (including phenoxy) is 2. The van der Waals surface area contributed by atoms with Crippen LogP contribution in [0.1, 0.15) is 0 Å². The lowest BCUT2D eigenvalue weighted by atomic mass is 9.78. The van der Waals surface area contributed by atoms with Crippen LogP contribution in [0, 0.1) is 0 Å². The molecule has 1 rings (SSSR count). The van der Waals surface area contributed by atoms with Crippen molar-refractivity contribution in [3.8, 4) is 11.5 Å². The van der Waals surface area contributed by atoms with Gasteiger partial charge in [-0.25, -0.2) is 0 Å². The van der Waals surface area contributed by atoms with Gasteiger partial charge in [-0.1, -0.05) is 11.6 Å². The van der Waals surface area contributed by atoms with E-state index in [1.807, 2.05) is 0 Å². The second-order valence-electron chi connectivity index (χ2n) is 2.57. The Morgan fingerprint density at radius 3 is 2.29 bits per heavy atom. The van der Waals surface area contributed by atoms with Crippen molar-refractivity contribution in [1.29, 1.82) is 0 Å². The summed E-state index contributed by atoms with van der Waals surface area (Å²) >= 11 is 5.80. The Morgan fingerprint density at radius 1 is 1.21 bits per heavy atom. The topological polar surface area (TPSA) is 58.9 Å². The number of methoxy groups -OCH3 is 2. The van der Waals surface area contributed by atoms with Crippen LogP contribution in [0.15, 0.2) is 12.1 Å². The van der Waals surface area contributed by atoms with E-state index < -0.39 is 7.12 Å². The highest BCUT2D eigenvalue weighted by molar-refractivity contribution is 6.61. The lowest BCUT2D eigenvalue weighted by molar-refractivity contribution is 0.385. The van der Waals surface area contributed by atoms with Crippen molar-refractivity contribution in [3.05, 3.63) is 17.2 Å². The summed E-state index contributed by atoms with van der Waals surface area (Å²) in [5.74, 6) is 0.530. The van der Waals surface area contributed by atoms with Crippen LogP contribution in [0.25, 0.3) is 0 Å². The van der Waals surface area contributed by atoms with Gasteiger partial charge in [0.25, 0.3) is 0 Å². The SMILES string of the molecule is COc1ccc(Cl)c(OC)c1B(O)O. The van der Waals surface area contributed by atoms with E-state index in [2.05, 4.69) is 0 Å². The highest BCUT2D eigenvalue weighted by Gasteiger charge is 2.24. The maximum absolute atomic E-state index is 9.11. The predicted octanol–water partition coefficient (Wildman–Crippen LogP) is 0.0370. The standard InChI is InChI=1S/C8H10BClO4/c1-13-6-4-3-5(10)8(14-2)7(6)9(11)12/h3-4,11-12H,1-2H3. The van der Waals surface area contributed by atoms with E-state index in [4.69, 9.17) is 31.1 Å². The van der Waals surface area contributed by atoms with Crippen molar-refractivity contribution in [2.45, 2.75) is 0 Å². The molecule has 0 heterocycles. The van der Waals surface area contributed by atoms with Gasteiger partial charge < -0.3 is 19.5 Å². The van der Waals surface area contributed by atoms with E-state index in [1.165, 1.54) is 14.2 Å². The Labute approximate surface area is 87.2 Å². The molecule has 0 aliphatic heterocycles. The Morgan fingerprint density at radius 2 is 1.86 bits per heavy atom. The summed E-state index contributed by atoms with van der Waals surface area (Å²) < 4.78 is 9.89. The smallest absolute Gasteiger partial charge is 0.496 e. The highest BCUT2D eigenvalue weighted by atomic mass is 35.5. The fraction of sp³-hybridized carbons (Fsp3) is 0.250. The largest absolute Gasteiger partial charge is 0.497 e. The van der Waals surface area contributed by atoms with E-state index in [0.717, 1.165) is 0 Å². The third-order valence-electron chi connectivity index (χ3n) is 1.79. The van der Waals surface area contributed by atoms with Gasteiger partial charge in [0.1, 0.15) is 11.5 Å². The molecule has 0 radical (unpaired) electrons. The molecular formula is C8H10BClO4. The van der Waals surface area contributed by atoms with E-state index in [0.29, 0.717) is 10.8 Å². The van der Waals surface area contributed by atoms with Gasteiger partial charge in [-0.05, 0) is 12.1 Å². The van der Waals surface area contributed by atoms with Crippen LogP contribution in [0.4, 0.5) is 0 Å². The maximum Gasteiger partial charge on any atom is 0.496 e. The minimum absolute atomic E-state index is 0.127. The quantitative estimate of drug-likeness (QED) is 0.700. The average molecular weight is 216 g/mol. The molecular weight excluding hydrogens is 206 g/mol. The molecule has 0 spiro atoms. The summed E-state index contributed by atoms with van der Waals surface area (Å²) in [6.45, 7) is 0. The van der Waals surface area contributed by atoms with Gasteiger partial charge in [0.2, 0.25) is 0 Å². The Balaban J connectivity index is 3.36. The molecule has 76 valence electrons. The van der Waals surface area contributed by atoms with Crippen molar-refractivity contribution in [1.82, 2.24) is 0 Å². The molecule has 1 aromatic rings. The molecule has 0 bridgehead atoms. The lowest BCUT2D eigenvalue weighted by Crippen LogP contribution is -2.32. The summed E-state index contributed by atoms with van der Waals surface area (Å²) in [6.07, 6.45) is 0. The summed E-state index contributed by atoms with van der Waals surface area (Å²) in [5, 5.41) is 18.5. The third kappa shape index (κ3) is 1.95. The summed E-state index contributed by atoms with van der Waals surface area (Å²) in [5.41, 5.74) is 0.127. The number of rotatable bonds is 3. The number of hydrogen-bond acceptors (Lipinski definition) is 4. The monoisotopic (exact) mass is 216 g/mol. The van der Waals surface area contributed by atoms with Crippen LogP contribution >= 0.6 is 11.6 Å². The maximum atomic E-state index is 9.11. The molecule has 0 atom stereocenters. The van der Waals surface area contributed by atoms with Crippen molar-refractivity contribution >= 4 is 24.2 Å². The molecule has 0 aliphatic carbocycles. The van der Waals surface area contributed by atoms with E-state index in [1.54, 1.807) is 12.1 Å². The van der Waals surface area contributed by atoms with Gasteiger partial charge in [-0.2, -0.15) is 0 Å². The molecule has 14 heavy (non-hydrogen) atoms. The third-order valence-corrected chi connectivity index (χ3v) is 2.09. The zero-order valence-electron chi connectivity index (χ0n) is 7.82. The number of benzene rings is 1. The van der Waals surface area contributed by atoms with Gasteiger partial charge in [-0.15, -0.1) is 0 Å². The Kier molecular flexibility index (Phi) is 3.63. The fourth-order valence-corrected chi connectivity index (χ4v) is 1.43. The first-order chi connectivity index (χ1) is 6.61. The molecule has 0 unspecified atom stereocenters. The number of hydrogen-bond donors (Lipinski definition) is 2. The van der Waals surface area contributed by atoms with E-state index in [9.17, 15) is 0 Å². The molecule has 0 fully saturated rings. The molecule has 6 heteroatoms. The summed E-state index contributed by atoms with van der Waals surface area (Å²) in [7, 11) is 1.14. The summed E-state index contributed by atoms with van der Waals surface area (Å²) in [6, 6.07) is 3.10. The van der Waals surface area contributed by atoms with Crippen molar-refractivity contribution in [2.75, 3.05) is 14.2 Å². The normalized spacial score (nSPS) is 9.79. The van der Waals surface area contributed by atoms with Crippen LogP contribution < -0.4 is 14.9 Å². The van der Waals surface area contributed by atoms with Gasteiger partial charge in [-0.3, -0.25) is 0 Å². The zero-order valence-corrected chi connectivity index (χ0v) is 8.58. The van der Waals surface area contributed by atoms with Crippen LogP contribution in [0.5, 0.6) is 11.5 Å². The van der Waals surface area contributed by atoms with Gasteiger partial charge in [0.05, 0.1) is 24.7 Å². The van der Waals surface area contributed by atoms with Gasteiger partial charge in [0.15, 0.2) is 0 Å². The van der Waals surface area contributed by atoms with Crippen LogP contribution in [-0.4, -0.2) is 31.4 Å². The zero-order chi connectivity index (χ0) is 10.7. The molecule has 1 aromatic carbocycles. The minimum Gasteiger partial charge on any atom is -0.497 e. The van der Waals surface area contributed by atoms with Crippen molar-refractivity contribution < 1.29 is 19.5 Å². The average Bonchev–Trinajstić information content (AvgIpc) is 2.17. The van der Waals surface area contributed by atoms with Gasteiger partial charge in [0, 0.05) is 0 Å². The summed E-state index contributed by atoms with van der Waals surface area (Å²) in [4.78, 5) is 0. The molecule has 0 aromatic heterocycles. The first-order valence-electron chi connectivity index (χ1n) is 3.88. The van der Waals surface area contributed by atoms with Gasteiger partial charge >= 0.3 is 7.12 Å². The molecule has 4 nitrogen and oxygen atoms in total. The Bertz CT molecular complexity index is 329. The minimum atomic E-state index is -1.68. The van der Waals surface area contributed by atoms with Crippen LogP contribution in [0.2, 0.25) is 5.02 Å². The lowest BCUT2D eigenvalue weighted by Gasteiger charge is -2.13. The first-order valence-corrected chi connectivity index (χ1v) is 4.26. The fourth-order valence-electron chi connectivity index (χ4n) is 1.18. The second kappa shape index (κ2) is 4.55. The van der Waals surface area contributed by atoms with Crippen LogP contribution in [0.3, 0.4) is 0 Å². The molecule has 0 aliphatic rings. The molecule has 0 saturated carbocycles. The molecule has 0 amide bonds. The first kappa shape index (κ1) is 11.2. The van der Waals surface area contributed by atoms with Crippen molar-refractivity contribution in [3.63, 3.8) is 0 Å². The van der Waals surface area contributed by atoms with E-state index >= 15 is 0 Å².